The molecule has 0 aromatic heterocycles. The maximum absolute atomic E-state index is 12.6. The first-order valence-electron chi connectivity index (χ1n) is 8.25. The Balaban J connectivity index is 1.47. The number of hydrogen-bond donors (Lipinski definition) is 1. The summed E-state index contributed by atoms with van der Waals surface area (Å²) >= 11 is 0. The van der Waals surface area contributed by atoms with E-state index in [2.05, 4.69) is 5.32 Å². The first kappa shape index (κ1) is 15.5. The largest absolute Gasteiger partial charge is 0.486 e. The van der Waals surface area contributed by atoms with Crippen LogP contribution in [0.15, 0.2) is 48.5 Å². The number of benzene rings is 2. The van der Waals surface area contributed by atoms with Gasteiger partial charge in [-0.1, -0.05) is 36.4 Å². The van der Waals surface area contributed by atoms with Crippen LogP contribution in [-0.4, -0.2) is 36.1 Å². The Labute approximate surface area is 145 Å². The van der Waals surface area contributed by atoms with Crippen LogP contribution >= 0.6 is 0 Å². The van der Waals surface area contributed by atoms with Crippen molar-refractivity contribution in [2.75, 3.05) is 13.2 Å². The molecular weight excluding hydrogens is 320 g/mol. The number of amides is 3. The molecule has 1 atom stereocenters. The predicted octanol–water partition coefficient (Wildman–Crippen LogP) is 2.12. The Morgan fingerprint density at radius 3 is 2.52 bits per heavy atom. The fourth-order valence-corrected chi connectivity index (χ4v) is 3.08. The second kappa shape index (κ2) is 6.47. The summed E-state index contributed by atoms with van der Waals surface area (Å²) in [6.45, 7) is 1.24. The number of imide groups is 1. The Bertz CT molecular complexity index is 806. The first-order valence-corrected chi connectivity index (χ1v) is 8.25. The number of urea groups is 1. The normalized spacial score (nSPS) is 19.0. The number of hydrogen-bond acceptors (Lipinski definition) is 4. The standard InChI is InChI=1S/C19H18N2O4/c22-18-15(10-13-4-2-1-3-5-13)20-19(23)21(18)12-14-6-7-16-17(11-14)25-9-8-24-16/h1-7,11,15H,8-10,12H2,(H,20,23)/t15-/m1/s1. The van der Waals surface area contributed by atoms with Crippen molar-refractivity contribution < 1.29 is 19.1 Å². The summed E-state index contributed by atoms with van der Waals surface area (Å²) in [6.07, 6.45) is 0.489. The molecule has 4 rings (SSSR count). The molecule has 2 aromatic rings. The highest BCUT2D eigenvalue weighted by molar-refractivity contribution is 6.04. The third-order valence-corrected chi connectivity index (χ3v) is 4.34. The molecule has 0 aliphatic carbocycles. The summed E-state index contributed by atoms with van der Waals surface area (Å²) in [7, 11) is 0. The quantitative estimate of drug-likeness (QED) is 0.867. The van der Waals surface area contributed by atoms with Gasteiger partial charge in [-0.25, -0.2) is 4.79 Å². The molecular formula is C19H18N2O4. The molecule has 3 amide bonds. The average Bonchev–Trinajstić information content (AvgIpc) is 2.90. The molecule has 2 aliphatic heterocycles. The van der Waals surface area contributed by atoms with Gasteiger partial charge in [-0.05, 0) is 23.3 Å². The summed E-state index contributed by atoms with van der Waals surface area (Å²) < 4.78 is 11.0. The number of fused-ring (bicyclic) bond motifs is 1. The maximum atomic E-state index is 12.6. The van der Waals surface area contributed by atoms with E-state index in [0.29, 0.717) is 31.1 Å². The van der Waals surface area contributed by atoms with Crippen molar-refractivity contribution >= 4 is 11.9 Å². The van der Waals surface area contributed by atoms with Crippen LogP contribution < -0.4 is 14.8 Å². The van der Waals surface area contributed by atoms with Gasteiger partial charge in [0.2, 0.25) is 0 Å². The zero-order valence-electron chi connectivity index (χ0n) is 13.6. The number of nitrogens with zero attached hydrogens (tertiary/aromatic N) is 1. The highest BCUT2D eigenvalue weighted by Gasteiger charge is 2.37. The van der Waals surface area contributed by atoms with Gasteiger partial charge in [0.05, 0.1) is 6.54 Å². The molecule has 6 nitrogen and oxygen atoms in total. The smallest absolute Gasteiger partial charge is 0.325 e. The van der Waals surface area contributed by atoms with E-state index in [9.17, 15) is 9.59 Å². The van der Waals surface area contributed by atoms with Crippen LogP contribution in [0.3, 0.4) is 0 Å². The van der Waals surface area contributed by atoms with Crippen LogP contribution in [0.2, 0.25) is 0 Å². The molecule has 2 aliphatic rings. The number of ether oxygens (including phenoxy) is 2. The number of carbonyl (C=O) groups excluding carboxylic acids is 2. The molecule has 0 unspecified atom stereocenters. The molecule has 1 saturated heterocycles. The summed E-state index contributed by atoms with van der Waals surface area (Å²) in [5.41, 5.74) is 1.84. The van der Waals surface area contributed by atoms with Crippen molar-refractivity contribution in [3.8, 4) is 11.5 Å². The summed E-state index contributed by atoms with van der Waals surface area (Å²) in [5.74, 6) is 1.13. The van der Waals surface area contributed by atoms with Crippen molar-refractivity contribution in [1.82, 2.24) is 10.2 Å². The number of carbonyl (C=O) groups is 2. The van der Waals surface area contributed by atoms with Crippen molar-refractivity contribution in [2.24, 2.45) is 0 Å². The van der Waals surface area contributed by atoms with Crippen LogP contribution in [0, 0.1) is 0 Å². The van der Waals surface area contributed by atoms with Gasteiger partial charge in [-0.3, -0.25) is 9.69 Å². The number of rotatable bonds is 4. The van der Waals surface area contributed by atoms with Gasteiger partial charge in [0.15, 0.2) is 11.5 Å². The van der Waals surface area contributed by atoms with Crippen molar-refractivity contribution in [3.05, 3.63) is 59.7 Å². The zero-order valence-corrected chi connectivity index (χ0v) is 13.6. The van der Waals surface area contributed by atoms with Crippen LogP contribution in [0.1, 0.15) is 11.1 Å². The van der Waals surface area contributed by atoms with E-state index in [-0.39, 0.29) is 18.5 Å². The molecule has 0 radical (unpaired) electrons. The molecule has 1 N–H and O–H groups in total. The highest BCUT2D eigenvalue weighted by Crippen LogP contribution is 2.31. The monoisotopic (exact) mass is 338 g/mol. The zero-order chi connectivity index (χ0) is 17.2. The van der Waals surface area contributed by atoms with Gasteiger partial charge in [0, 0.05) is 6.42 Å². The molecule has 2 aromatic carbocycles. The van der Waals surface area contributed by atoms with E-state index in [1.165, 1.54) is 4.90 Å². The van der Waals surface area contributed by atoms with Crippen LogP contribution in [0.5, 0.6) is 11.5 Å². The van der Waals surface area contributed by atoms with Crippen LogP contribution in [-0.2, 0) is 17.8 Å². The maximum Gasteiger partial charge on any atom is 0.325 e. The SMILES string of the molecule is O=C1N[C@H](Cc2ccccc2)C(=O)N1Cc1ccc2c(c1)OCCO2. The lowest BCUT2D eigenvalue weighted by Gasteiger charge is -2.20. The summed E-state index contributed by atoms with van der Waals surface area (Å²) in [5, 5.41) is 2.77. The van der Waals surface area contributed by atoms with Gasteiger partial charge in [-0.2, -0.15) is 0 Å². The van der Waals surface area contributed by atoms with E-state index in [4.69, 9.17) is 9.47 Å². The molecule has 0 saturated carbocycles. The van der Waals surface area contributed by atoms with E-state index >= 15 is 0 Å². The van der Waals surface area contributed by atoms with Crippen molar-refractivity contribution in [2.45, 2.75) is 19.0 Å². The van der Waals surface area contributed by atoms with Crippen molar-refractivity contribution in [3.63, 3.8) is 0 Å². The third-order valence-electron chi connectivity index (χ3n) is 4.34. The summed E-state index contributed by atoms with van der Waals surface area (Å²) in [4.78, 5) is 26.1. The van der Waals surface area contributed by atoms with Crippen molar-refractivity contribution in [1.29, 1.82) is 0 Å². The molecule has 0 spiro atoms. The lowest BCUT2D eigenvalue weighted by Crippen LogP contribution is -2.32. The topological polar surface area (TPSA) is 67.9 Å². The molecule has 0 bridgehead atoms. The Morgan fingerprint density at radius 1 is 0.960 bits per heavy atom. The van der Waals surface area contributed by atoms with Crippen LogP contribution in [0.4, 0.5) is 4.79 Å². The van der Waals surface area contributed by atoms with Crippen LogP contribution in [0.25, 0.3) is 0 Å². The van der Waals surface area contributed by atoms with E-state index < -0.39 is 6.04 Å². The van der Waals surface area contributed by atoms with Gasteiger partial charge in [0.25, 0.3) is 5.91 Å². The fraction of sp³-hybridized carbons (Fsp3) is 0.263. The Hall–Kier alpha value is -3.02. The average molecular weight is 338 g/mol. The predicted molar refractivity (Wildman–Crippen MR) is 90.4 cm³/mol. The second-order valence-corrected chi connectivity index (χ2v) is 6.09. The first-order chi connectivity index (χ1) is 12.2. The molecule has 2 heterocycles. The summed E-state index contributed by atoms with van der Waals surface area (Å²) in [6, 6.07) is 14.3. The Kier molecular flexibility index (Phi) is 4.01. The van der Waals surface area contributed by atoms with E-state index in [0.717, 1.165) is 11.1 Å². The van der Waals surface area contributed by atoms with Gasteiger partial charge in [0.1, 0.15) is 19.3 Å². The second-order valence-electron chi connectivity index (χ2n) is 6.09. The lowest BCUT2D eigenvalue weighted by atomic mass is 10.1. The molecule has 25 heavy (non-hydrogen) atoms. The lowest BCUT2D eigenvalue weighted by molar-refractivity contribution is -0.127. The van der Waals surface area contributed by atoms with E-state index in [1.807, 2.05) is 48.5 Å². The number of nitrogens with one attached hydrogen (secondary N) is 1. The molecule has 1 fully saturated rings. The molecule has 128 valence electrons. The highest BCUT2D eigenvalue weighted by atomic mass is 16.6. The minimum absolute atomic E-state index is 0.205. The third kappa shape index (κ3) is 3.15. The minimum atomic E-state index is -0.521. The van der Waals surface area contributed by atoms with E-state index in [1.54, 1.807) is 0 Å². The van der Waals surface area contributed by atoms with Gasteiger partial charge in [-0.15, -0.1) is 0 Å². The molecule has 6 heteroatoms. The minimum Gasteiger partial charge on any atom is -0.486 e. The van der Waals surface area contributed by atoms with Gasteiger partial charge < -0.3 is 14.8 Å². The Morgan fingerprint density at radius 2 is 1.72 bits per heavy atom. The fourth-order valence-electron chi connectivity index (χ4n) is 3.08. The van der Waals surface area contributed by atoms with Gasteiger partial charge >= 0.3 is 6.03 Å².